The van der Waals surface area contributed by atoms with E-state index in [4.69, 9.17) is 0 Å². The van der Waals surface area contributed by atoms with Crippen LogP contribution in [0.5, 0.6) is 0 Å². The molecule has 0 bridgehead atoms. The van der Waals surface area contributed by atoms with E-state index < -0.39 is 0 Å². The molecule has 0 radical (unpaired) electrons. The van der Waals surface area contributed by atoms with E-state index in [-0.39, 0.29) is 18.1 Å². The molecule has 0 aliphatic rings. The summed E-state index contributed by atoms with van der Waals surface area (Å²) in [6.07, 6.45) is 1.81. The summed E-state index contributed by atoms with van der Waals surface area (Å²) in [7, 11) is 3.77. The number of aromatic nitrogens is 2. The minimum Gasteiger partial charge on any atom is -0.395 e. The van der Waals surface area contributed by atoms with E-state index in [9.17, 15) is 5.11 Å². The molecule has 3 rings (SSSR count). The molecule has 0 saturated carbocycles. The Morgan fingerprint density at radius 1 is 1.11 bits per heavy atom. The first-order chi connectivity index (χ1) is 13.4. The summed E-state index contributed by atoms with van der Waals surface area (Å²) in [6, 6.07) is 10.7. The Bertz CT molecular complexity index is 942. The van der Waals surface area contributed by atoms with Gasteiger partial charge < -0.3 is 26.0 Å². The lowest BCUT2D eigenvalue weighted by atomic mass is 9.87. The Balaban J connectivity index is 1.88. The van der Waals surface area contributed by atoms with Crippen molar-refractivity contribution in [3.05, 3.63) is 42.1 Å². The molecule has 6 nitrogen and oxygen atoms in total. The number of anilines is 2. The molecule has 1 aromatic carbocycles. The maximum Gasteiger partial charge on any atom is 0.149 e. The van der Waals surface area contributed by atoms with Gasteiger partial charge in [-0.1, -0.05) is 26.8 Å². The first-order valence-corrected chi connectivity index (χ1v) is 9.68. The van der Waals surface area contributed by atoms with E-state index in [2.05, 4.69) is 71.0 Å². The van der Waals surface area contributed by atoms with Crippen molar-refractivity contribution in [1.29, 1.82) is 0 Å². The van der Waals surface area contributed by atoms with Gasteiger partial charge in [0, 0.05) is 55.0 Å². The van der Waals surface area contributed by atoms with E-state index in [0.29, 0.717) is 0 Å². The largest absolute Gasteiger partial charge is 0.395 e. The molecular weight excluding hydrogens is 350 g/mol. The molecule has 0 unspecified atom stereocenters. The van der Waals surface area contributed by atoms with Gasteiger partial charge in [-0.25, -0.2) is 4.98 Å². The number of pyridine rings is 1. The number of hydrogen-bond acceptors (Lipinski definition) is 5. The van der Waals surface area contributed by atoms with Gasteiger partial charge in [0.05, 0.1) is 12.3 Å². The maximum atomic E-state index is 9.65. The van der Waals surface area contributed by atoms with Gasteiger partial charge in [0.1, 0.15) is 5.82 Å². The number of H-pyrrole nitrogens is 1. The predicted octanol–water partition coefficient (Wildman–Crippen LogP) is 3.81. The number of nitrogens with one attached hydrogen (secondary N) is 4. The van der Waals surface area contributed by atoms with Gasteiger partial charge in [0.2, 0.25) is 0 Å². The van der Waals surface area contributed by atoms with Crippen LogP contribution in [-0.4, -0.2) is 41.8 Å². The van der Waals surface area contributed by atoms with Gasteiger partial charge >= 0.3 is 0 Å². The Labute approximate surface area is 166 Å². The van der Waals surface area contributed by atoms with Gasteiger partial charge in [-0.2, -0.15) is 0 Å². The van der Waals surface area contributed by atoms with Crippen LogP contribution in [0.1, 0.15) is 26.3 Å². The zero-order chi connectivity index (χ0) is 20.3. The number of nitrogens with zero attached hydrogens (tertiary/aromatic N) is 1. The van der Waals surface area contributed by atoms with E-state index >= 15 is 0 Å². The molecule has 0 aliphatic carbocycles. The van der Waals surface area contributed by atoms with Gasteiger partial charge in [0.15, 0.2) is 0 Å². The fraction of sp³-hybridized carbons (Fsp3) is 0.409. The highest BCUT2D eigenvalue weighted by Gasteiger charge is 2.23. The second-order valence-electron chi connectivity index (χ2n) is 8.17. The molecule has 0 fully saturated rings. The molecule has 5 N–H and O–H groups in total. The maximum absolute atomic E-state index is 9.65. The third-order valence-electron chi connectivity index (χ3n) is 5.19. The Morgan fingerprint density at radius 3 is 2.54 bits per heavy atom. The molecular formula is C22H31N5O. The minimum atomic E-state index is 0.00995. The predicted molar refractivity (Wildman–Crippen MR) is 118 cm³/mol. The molecule has 6 heteroatoms. The third-order valence-corrected chi connectivity index (χ3v) is 5.19. The summed E-state index contributed by atoms with van der Waals surface area (Å²) in [5, 5.41) is 20.7. The fourth-order valence-electron chi connectivity index (χ4n) is 3.45. The van der Waals surface area contributed by atoms with Crippen molar-refractivity contribution in [2.45, 2.75) is 33.4 Å². The summed E-state index contributed by atoms with van der Waals surface area (Å²) in [6.45, 7) is 7.25. The van der Waals surface area contributed by atoms with E-state index in [1.54, 1.807) is 0 Å². The number of hydrogen-bond donors (Lipinski definition) is 5. The number of rotatable bonds is 7. The highest BCUT2D eigenvalue weighted by molar-refractivity contribution is 5.91. The van der Waals surface area contributed by atoms with E-state index in [1.165, 1.54) is 5.56 Å². The SMILES string of the molecule is CNc1nccc(-c2cc3cc(CN[C@H](CO)C(C)(C)C)ccc3[nH]2)c1NC. The average molecular weight is 382 g/mol. The third kappa shape index (κ3) is 4.13. The standard InChI is InChI=1S/C22H31N5O/c1-22(2,3)19(13-28)26-12-14-6-7-17-15(10-14)11-18(27-17)16-8-9-25-21(24-5)20(16)23-4/h6-11,19,23,26-28H,12-13H2,1-5H3,(H,24,25)/t19-/m1/s1. The summed E-state index contributed by atoms with van der Waals surface area (Å²) >= 11 is 0. The van der Waals surface area contributed by atoms with Gasteiger partial charge in [-0.05, 0) is 35.2 Å². The number of aliphatic hydroxyl groups is 1. The number of benzene rings is 1. The van der Waals surface area contributed by atoms with Crippen LogP contribution in [0.3, 0.4) is 0 Å². The summed E-state index contributed by atoms with van der Waals surface area (Å²) in [4.78, 5) is 7.88. The Morgan fingerprint density at radius 2 is 1.89 bits per heavy atom. The van der Waals surface area contributed by atoms with Crippen molar-refractivity contribution in [3.63, 3.8) is 0 Å². The van der Waals surface area contributed by atoms with Crippen molar-refractivity contribution < 1.29 is 5.11 Å². The molecule has 0 spiro atoms. The molecule has 28 heavy (non-hydrogen) atoms. The van der Waals surface area contributed by atoms with Crippen molar-refractivity contribution in [1.82, 2.24) is 15.3 Å². The molecule has 150 valence electrons. The second-order valence-corrected chi connectivity index (χ2v) is 8.17. The van der Waals surface area contributed by atoms with Crippen molar-refractivity contribution in [2.24, 2.45) is 5.41 Å². The Kier molecular flexibility index (Phi) is 5.91. The lowest BCUT2D eigenvalue weighted by Crippen LogP contribution is -2.42. The normalized spacial score (nSPS) is 12.9. The first-order valence-electron chi connectivity index (χ1n) is 9.68. The van der Waals surface area contributed by atoms with Crippen LogP contribution in [0.25, 0.3) is 22.2 Å². The Hall–Kier alpha value is -2.57. The number of aromatic amines is 1. The lowest BCUT2D eigenvalue weighted by Gasteiger charge is -2.30. The van der Waals surface area contributed by atoms with E-state index in [1.807, 2.05) is 26.4 Å². The molecule has 2 heterocycles. The van der Waals surface area contributed by atoms with Crippen LogP contribution < -0.4 is 16.0 Å². The minimum absolute atomic E-state index is 0.00995. The van der Waals surface area contributed by atoms with Crippen LogP contribution in [0, 0.1) is 5.41 Å². The van der Waals surface area contributed by atoms with Crippen LogP contribution in [0.4, 0.5) is 11.5 Å². The van der Waals surface area contributed by atoms with Gasteiger partial charge in [0.25, 0.3) is 0 Å². The molecule has 3 aromatic rings. The van der Waals surface area contributed by atoms with Crippen molar-refractivity contribution in [2.75, 3.05) is 31.3 Å². The number of fused-ring (bicyclic) bond motifs is 1. The fourth-order valence-corrected chi connectivity index (χ4v) is 3.45. The quantitative estimate of drug-likeness (QED) is 0.430. The zero-order valence-electron chi connectivity index (χ0n) is 17.4. The average Bonchev–Trinajstić information content (AvgIpc) is 3.09. The highest BCUT2D eigenvalue weighted by atomic mass is 16.3. The van der Waals surface area contributed by atoms with Crippen molar-refractivity contribution >= 4 is 22.4 Å². The van der Waals surface area contributed by atoms with Gasteiger partial charge in [-0.3, -0.25) is 0 Å². The summed E-state index contributed by atoms with van der Waals surface area (Å²) < 4.78 is 0. The molecule has 0 saturated heterocycles. The smallest absolute Gasteiger partial charge is 0.149 e. The molecule has 0 aliphatic heterocycles. The van der Waals surface area contributed by atoms with Crippen molar-refractivity contribution in [3.8, 4) is 11.3 Å². The van der Waals surface area contributed by atoms with E-state index in [0.717, 1.165) is 40.2 Å². The number of aliphatic hydroxyl groups excluding tert-OH is 1. The zero-order valence-corrected chi connectivity index (χ0v) is 17.4. The topological polar surface area (TPSA) is 85.0 Å². The second kappa shape index (κ2) is 8.20. The summed E-state index contributed by atoms with van der Waals surface area (Å²) in [5.41, 5.74) is 5.39. The summed E-state index contributed by atoms with van der Waals surface area (Å²) in [5.74, 6) is 0.820. The molecule has 0 amide bonds. The first kappa shape index (κ1) is 20.2. The molecule has 1 atom stereocenters. The van der Waals surface area contributed by atoms with Crippen LogP contribution in [-0.2, 0) is 6.54 Å². The van der Waals surface area contributed by atoms with Crippen LogP contribution >= 0.6 is 0 Å². The lowest BCUT2D eigenvalue weighted by molar-refractivity contribution is 0.158. The highest BCUT2D eigenvalue weighted by Crippen LogP contribution is 2.33. The monoisotopic (exact) mass is 381 g/mol. The van der Waals surface area contributed by atoms with Gasteiger partial charge in [-0.15, -0.1) is 0 Å². The van der Waals surface area contributed by atoms with Crippen LogP contribution in [0.2, 0.25) is 0 Å². The van der Waals surface area contributed by atoms with Crippen LogP contribution in [0.15, 0.2) is 36.5 Å². The molecule has 2 aromatic heterocycles.